The van der Waals surface area contributed by atoms with Crippen molar-refractivity contribution >= 4 is 5.95 Å². The zero-order valence-corrected chi connectivity index (χ0v) is 11.0. The van der Waals surface area contributed by atoms with E-state index in [1.165, 1.54) is 0 Å². The van der Waals surface area contributed by atoms with Crippen molar-refractivity contribution in [1.29, 1.82) is 0 Å². The molecule has 1 fully saturated rings. The molecule has 7 nitrogen and oxygen atoms in total. The van der Waals surface area contributed by atoms with Gasteiger partial charge in [-0.2, -0.15) is 4.98 Å². The monoisotopic (exact) mass is 255 g/mol. The predicted molar refractivity (Wildman–Crippen MR) is 67.4 cm³/mol. The van der Waals surface area contributed by atoms with Crippen LogP contribution in [-0.2, 0) is 6.42 Å². The molecule has 0 bridgehead atoms. The fraction of sp³-hybridized carbons (Fsp3) is 0.818. The minimum atomic E-state index is -0.994. The average Bonchev–Trinajstić information content (AvgIpc) is 2.78. The summed E-state index contributed by atoms with van der Waals surface area (Å²) < 4.78 is 5.15. The Bertz CT molecular complexity index is 385. The summed E-state index contributed by atoms with van der Waals surface area (Å²) in [6.07, 6.45) is 0.282. The molecule has 102 valence electrons. The highest BCUT2D eigenvalue weighted by atomic mass is 16.5. The smallest absolute Gasteiger partial charge is 0.266 e. The lowest BCUT2D eigenvalue weighted by Gasteiger charge is -2.31. The van der Waals surface area contributed by atoms with Crippen LogP contribution in [0.4, 0.5) is 5.95 Å². The molecule has 0 spiro atoms. The van der Waals surface area contributed by atoms with E-state index in [9.17, 15) is 5.11 Å². The molecule has 1 aromatic heterocycles. The van der Waals surface area contributed by atoms with Gasteiger partial charge in [-0.1, -0.05) is 0 Å². The van der Waals surface area contributed by atoms with Crippen molar-refractivity contribution in [2.24, 2.45) is 5.73 Å². The van der Waals surface area contributed by atoms with Crippen molar-refractivity contribution in [3.05, 3.63) is 5.89 Å². The van der Waals surface area contributed by atoms with Gasteiger partial charge in [0.1, 0.15) is 0 Å². The van der Waals surface area contributed by atoms with Crippen LogP contribution in [0.15, 0.2) is 4.52 Å². The number of hydrogen-bond acceptors (Lipinski definition) is 7. The Kier molecular flexibility index (Phi) is 3.84. The largest absolute Gasteiger partial charge is 0.388 e. The van der Waals surface area contributed by atoms with Crippen LogP contribution in [0.1, 0.15) is 12.8 Å². The van der Waals surface area contributed by atoms with Crippen LogP contribution in [0.25, 0.3) is 0 Å². The van der Waals surface area contributed by atoms with Gasteiger partial charge >= 0.3 is 0 Å². The third-order valence-corrected chi connectivity index (χ3v) is 3.22. The van der Waals surface area contributed by atoms with Crippen LogP contribution in [0.3, 0.4) is 0 Å². The number of rotatable bonds is 4. The molecule has 2 rings (SSSR count). The topological polar surface area (TPSA) is 91.7 Å². The van der Waals surface area contributed by atoms with Gasteiger partial charge in [0, 0.05) is 32.7 Å². The predicted octanol–water partition coefficient (Wildman–Crippen LogP) is -0.926. The van der Waals surface area contributed by atoms with E-state index < -0.39 is 5.60 Å². The minimum absolute atomic E-state index is 0.166. The maximum Gasteiger partial charge on any atom is 0.266 e. The van der Waals surface area contributed by atoms with E-state index in [0.717, 1.165) is 26.2 Å². The Balaban J connectivity index is 1.98. The van der Waals surface area contributed by atoms with E-state index in [1.807, 2.05) is 0 Å². The SMILES string of the molecule is CN1CCN(c2noc(CC(C)(O)CN)n2)CC1. The molecular formula is C11H21N5O2. The second-order valence-electron chi connectivity index (χ2n) is 5.16. The molecule has 0 aliphatic carbocycles. The van der Waals surface area contributed by atoms with Gasteiger partial charge in [-0.05, 0) is 19.1 Å². The first-order valence-corrected chi connectivity index (χ1v) is 6.19. The van der Waals surface area contributed by atoms with E-state index in [2.05, 4.69) is 27.0 Å². The lowest BCUT2D eigenvalue weighted by atomic mass is 10.0. The van der Waals surface area contributed by atoms with Gasteiger partial charge < -0.3 is 25.2 Å². The summed E-state index contributed by atoms with van der Waals surface area (Å²) in [7, 11) is 2.09. The normalized spacial score (nSPS) is 21.0. The maximum absolute atomic E-state index is 9.86. The standard InChI is InChI=1S/C11H21N5O2/c1-11(17,8-12)7-9-13-10(14-18-9)16-5-3-15(2)4-6-16/h17H,3-8,12H2,1-2H3. The first kappa shape index (κ1) is 13.3. The lowest BCUT2D eigenvalue weighted by molar-refractivity contribution is 0.0610. The van der Waals surface area contributed by atoms with Gasteiger partial charge in [0.15, 0.2) is 0 Å². The van der Waals surface area contributed by atoms with E-state index in [0.29, 0.717) is 11.8 Å². The van der Waals surface area contributed by atoms with Crippen molar-refractivity contribution in [2.45, 2.75) is 18.9 Å². The summed E-state index contributed by atoms with van der Waals surface area (Å²) in [5.74, 6) is 1.03. The number of aliphatic hydroxyl groups is 1. The van der Waals surface area contributed by atoms with Crippen LogP contribution in [-0.4, -0.2) is 65.5 Å². The molecule has 2 heterocycles. The molecule has 1 unspecified atom stereocenters. The highest BCUT2D eigenvalue weighted by Crippen LogP contribution is 2.15. The Hall–Kier alpha value is -1.18. The summed E-state index contributed by atoms with van der Waals surface area (Å²) in [4.78, 5) is 8.65. The minimum Gasteiger partial charge on any atom is -0.388 e. The molecule has 0 amide bonds. The quantitative estimate of drug-likeness (QED) is 0.718. The van der Waals surface area contributed by atoms with Crippen molar-refractivity contribution in [2.75, 3.05) is 44.7 Å². The van der Waals surface area contributed by atoms with Crippen molar-refractivity contribution in [3.63, 3.8) is 0 Å². The first-order chi connectivity index (χ1) is 8.50. The Morgan fingerprint density at radius 2 is 2.06 bits per heavy atom. The highest BCUT2D eigenvalue weighted by molar-refractivity contribution is 5.28. The second kappa shape index (κ2) is 5.21. The van der Waals surface area contributed by atoms with Crippen LogP contribution >= 0.6 is 0 Å². The molecule has 0 saturated carbocycles. The fourth-order valence-electron chi connectivity index (χ4n) is 1.85. The number of nitrogens with zero attached hydrogens (tertiary/aromatic N) is 4. The van der Waals surface area contributed by atoms with Crippen LogP contribution in [0.2, 0.25) is 0 Å². The number of aromatic nitrogens is 2. The average molecular weight is 255 g/mol. The zero-order chi connectivity index (χ0) is 13.2. The van der Waals surface area contributed by atoms with Crippen LogP contribution in [0, 0.1) is 0 Å². The number of likely N-dealkylation sites (N-methyl/N-ethyl adjacent to an activating group) is 1. The third kappa shape index (κ3) is 3.18. The molecule has 7 heteroatoms. The van der Waals surface area contributed by atoms with Crippen molar-refractivity contribution in [3.8, 4) is 0 Å². The molecular weight excluding hydrogens is 234 g/mol. The Morgan fingerprint density at radius 1 is 1.39 bits per heavy atom. The van der Waals surface area contributed by atoms with E-state index >= 15 is 0 Å². The molecule has 0 radical (unpaired) electrons. The van der Waals surface area contributed by atoms with Gasteiger partial charge in [-0.25, -0.2) is 0 Å². The molecule has 1 atom stereocenters. The number of piperazine rings is 1. The van der Waals surface area contributed by atoms with Crippen molar-refractivity contribution < 1.29 is 9.63 Å². The number of hydrogen-bond donors (Lipinski definition) is 2. The van der Waals surface area contributed by atoms with Crippen LogP contribution < -0.4 is 10.6 Å². The van der Waals surface area contributed by atoms with E-state index in [-0.39, 0.29) is 13.0 Å². The summed E-state index contributed by atoms with van der Waals surface area (Å²) in [6.45, 7) is 5.59. The highest BCUT2D eigenvalue weighted by Gasteiger charge is 2.24. The summed E-state index contributed by atoms with van der Waals surface area (Å²) >= 11 is 0. The summed E-state index contributed by atoms with van der Waals surface area (Å²) in [5, 5.41) is 13.8. The van der Waals surface area contributed by atoms with E-state index in [1.54, 1.807) is 6.92 Å². The lowest BCUT2D eigenvalue weighted by Crippen LogP contribution is -2.45. The van der Waals surface area contributed by atoms with Gasteiger partial charge in [-0.15, -0.1) is 0 Å². The number of anilines is 1. The summed E-state index contributed by atoms with van der Waals surface area (Å²) in [5.41, 5.74) is 4.47. The second-order valence-corrected chi connectivity index (χ2v) is 5.16. The maximum atomic E-state index is 9.86. The summed E-state index contributed by atoms with van der Waals surface area (Å²) in [6, 6.07) is 0. The van der Waals surface area contributed by atoms with Crippen LogP contribution in [0.5, 0.6) is 0 Å². The molecule has 1 saturated heterocycles. The van der Waals surface area contributed by atoms with Gasteiger partial charge in [-0.3, -0.25) is 0 Å². The first-order valence-electron chi connectivity index (χ1n) is 6.19. The molecule has 0 aromatic carbocycles. The molecule has 3 N–H and O–H groups in total. The van der Waals surface area contributed by atoms with Gasteiger partial charge in [0.25, 0.3) is 5.95 Å². The fourth-order valence-corrected chi connectivity index (χ4v) is 1.85. The number of nitrogens with two attached hydrogens (primary N) is 1. The van der Waals surface area contributed by atoms with E-state index in [4.69, 9.17) is 10.3 Å². The van der Waals surface area contributed by atoms with Gasteiger partial charge in [0.2, 0.25) is 5.89 Å². The molecule has 1 aliphatic rings. The third-order valence-electron chi connectivity index (χ3n) is 3.22. The molecule has 1 aliphatic heterocycles. The Morgan fingerprint density at radius 3 is 2.67 bits per heavy atom. The zero-order valence-electron chi connectivity index (χ0n) is 11.0. The molecule has 1 aromatic rings. The van der Waals surface area contributed by atoms with Gasteiger partial charge in [0.05, 0.1) is 12.0 Å². The Labute approximate surface area is 107 Å². The molecule has 18 heavy (non-hydrogen) atoms. The van der Waals surface area contributed by atoms with Crippen molar-refractivity contribution in [1.82, 2.24) is 15.0 Å².